The van der Waals surface area contributed by atoms with Gasteiger partial charge in [0.05, 0.1) is 5.69 Å². The fraction of sp³-hybridized carbons (Fsp3) is 0.364. The Labute approximate surface area is 126 Å². The molecule has 6 heteroatoms. The van der Waals surface area contributed by atoms with Crippen molar-refractivity contribution in [3.63, 3.8) is 0 Å². The second-order valence-corrected chi connectivity index (χ2v) is 6.19. The molecule has 92 valence electrons. The Morgan fingerprint density at radius 3 is 2.82 bits per heavy atom. The summed E-state index contributed by atoms with van der Waals surface area (Å²) >= 11 is 11.1. The molecule has 1 aliphatic heterocycles. The molecule has 0 N–H and O–H groups in total. The van der Waals surface area contributed by atoms with Crippen LogP contribution in [0.3, 0.4) is 0 Å². The Kier molecular flexibility index (Phi) is 4.31. The monoisotopic (exact) mass is 431 g/mol. The first kappa shape index (κ1) is 13.5. The van der Waals surface area contributed by atoms with Crippen LogP contribution >= 0.6 is 50.1 Å². The van der Waals surface area contributed by atoms with Crippen molar-refractivity contribution in [3.05, 3.63) is 26.5 Å². The maximum Gasteiger partial charge on any atom is 0.227 e. The van der Waals surface area contributed by atoms with E-state index in [2.05, 4.69) is 15.9 Å². The van der Waals surface area contributed by atoms with E-state index in [-0.39, 0.29) is 11.8 Å². The normalized spacial score (nSPS) is 20.1. The summed E-state index contributed by atoms with van der Waals surface area (Å²) in [6.07, 6.45) is 0.462. The zero-order valence-electron chi connectivity index (χ0n) is 8.72. The number of carbonyl (C=O) groups is 1. The van der Waals surface area contributed by atoms with Crippen LogP contribution in [0.25, 0.3) is 0 Å². The van der Waals surface area contributed by atoms with Gasteiger partial charge in [-0.3, -0.25) is 4.79 Å². The zero-order valence-corrected chi connectivity index (χ0v) is 13.2. The Balaban J connectivity index is 2.38. The second-order valence-electron chi connectivity index (χ2n) is 3.95. The van der Waals surface area contributed by atoms with Crippen molar-refractivity contribution in [2.24, 2.45) is 5.92 Å². The fourth-order valence-corrected chi connectivity index (χ4v) is 3.60. The third-order valence-electron chi connectivity index (χ3n) is 2.67. The van der Waals surface area contributed by atoms with Crippen LogP contribution in [-0.4, -0.2) is 17.8 Å². The van der Waals surface area contributed by atoms with Crippen molar-refractivity contribution in [2.45, 2.75) is 6.42 Å². The molecule has 1 unspecified atom stereocenters. The molecule has 1 amide bonds. The second kappa shape index (κ2) is 5.40. The van der Waals surface area contributed by atoms with Crippen LogP contribution in [0.1, 0.15) is 6.42 Å². The van der Waals surface area contributed by atoms with Gasteiger partial charge in [0, 0.05) is 26.9 Å². The standard InChI is InChI=1S/C11H9BrClFINO/c12-4-6-1-10(17)16(5-6)11-8(14)2-7(13)3-9(11)15/h2-3,6H,1,4-5H2. The van der Waals surface area contributed by atoms with Crippen LogP contribution in [0.4, 0.5) is 10.1 Å². The van der Waals surface area contributed by atoms with Crippen LogP contribution in [0.5, 0.6) is 0 Å². The number of rotatable bonds is 2. The van der Waals surface area contributed by atoms with Crippen LogP contribution < -0.4 is 4.90 Å². The molecular weight excluding hydrogens is 423 g/mol. The molecular formula is C11H9BrClFINO. The first-order chi connectivity index (χ1) is 8.02. The third-order valence-corrected chi connectivity index (χ3v) is 4.63. The molecule has 1 saturated heterocycles. The highest BCUT2D eigenvalue weighted by Gasteiger charge is 2.32. The van der Waals surface area contributed by atoms with Crippen LogP contribution in [-0.2, 0) is 4.79 Å². The molecule has 0 spiro atoms. The minimum absolute atomic E-state index is 0.0337. The van der Waals surface area contributed by atoms with Gasteiger partial charge in [0.15, 0.2) is 0 Å². The lowest BCUT2D eigenvalue weighted by molar-refractivity contribution is -0.117. The molecule has 0 radical (unpaired) electrons. The van der Waals surface area contributed by atoms with Crippen LogP contribution in [0.2, 0.25) is 5.02 Å². The third kappa shape index (κ3) is 2.76. The molecule has 1 aromatic carbocycles. The van der Waals surface area contributed by atoms with Gasteiger partial charge in [-0.05, 0) is 40.6 Å². The van der Waals surface area contributed by atoms with E-state index >= 15 is 0 Å². The lowest BCUT2D eigenvalue weighted by Gasteiger charge is -2.19. The van der Waals surface area contributed by atoms with Crippen molar-refractivity contribution < 1.29 is 9.18 Å². The highest BCUT2D eigenvalue weighted by molar-refractivity contribution is 14.1. The summed E-state index contributed by atoms with van der Waals surface area (Å²) in [5.74, 6) is -0.229. The summed E-state index contributed by atoms with van der Waals surface area (Å²) in [5.41, 5.74) is 0.350. The van der Waals surface area contributed by atoms with E-state index in [9.17, 15) is 9.18 Å². The Bertz CT molecular complexity index is 448. The Morgan fingerprint density at radius 2 is 2.29 bits per heavy atom. The number of carbonyl (C=O) groups excluding carboxylic acids is 1. The Hall–Kier alpha value is 0.120. The maximum atomic E-state index is 13.9. The average Bonchev–Trinajstić information content (AvgIpc) is 2.59. The van der Waals surface area contributed by atoms with Gasteiger partial charge in [-0.25, -0.2) is 4.39 Å². The SMILES string of the molecule is O=C1CC(CBr)CN1c1c(F)cc(Cl)cc1I. The largest absolute Gasteiger partial charge is 0.308 e. The predicted octanol–water partition coefficient (Wildman–Crippen LogP) is 3.83. The molecule has 1 aliphatic rings. The summed E-state index contributed by atoms with van der Waals surface area (Å²) in [6, 6.07) is 2.91. The first-order valence-corrected chi connectivity index (χ1v) is 7.61. The lowest BCUT2D eigenvalue weighted by Crippen LogP contribution is -2.26. The summed E-state index contributed by atoms with van der Waals surface area (Å²) in [5, 5.41) is 1.10. The molecule has 0 aromatic heterocycles. The van der Waals surface area contributed by atoms with E-state index in [1.807, 2.05) is 22.6 Å². The Morgan fingerprint density at radius 1 is 1.59 bits per heavy atom. The minimum atomic E-state index is -0.439. The molecule has 0 bridgehead atoms. The van der Waals surface area contributed by atoms with Crippen molar-refractivity contribution >= 4 is 61.7 Å². The molecule has 2 nitrogen and oxygen atoms in total. The molecule has 17 heavy (non-hydrogen) atoms. The van der Waals surface area contributed by atoms with Crippen LogP contribution in [0, 0.1) is 15.3 Å². The smallest absolute Gasteiger partial charge is 0.227 e. The molecule has 1 fully saturated rings. The van der Waals surface area contributed by atoms with Gasteiger partial charge in [0.1, 0.15) is 5.82 Å². The first-order valence-electron chi connectivity index (χ1n) is 5.03. The maximum absolute atomic E-state index is 13.9. The average molecular weight is 432 g/mol. The molecule has 1 atom stereocenters. The van der Waals surface area contributed by atoms with Crippen molar-refractivity contribution in [1.82, 2.24) is 0 Å². The number of benzene rings is 1. The van der Waals surface area contributed by atoms with E-state index in [0.29, 0.717) is 27.2 Å². The zero-order chi connectivity index (χ0) is 12.6. The molecule has 0 saturated carbocycles. The fourth-order valence-electron chi connectivity index (χ4n) is 1.89. The summed E-state index contributed by atoms with van der Waals surface area (Å²) in [6.45, 7) is 0.554. The molecule has 2 rings (SSSR count). The number of alkyl halides is 1. The van der Waals surface area contributed by atoms with Crippen molar-refractivity contribution in [2.75, 3.05) is 16.8 Å². The van der Waals surface area contributed by atoms with E-state index in [4.69, 9.17) is 11.6 Å². The number of hydrogen-bond acceptors (Lipinski definition) is 1. The van der Waals surface area contributed by atoms with Gasteiger partial charge in [0.25, 0.3) is 0 Å². The van der Waals surface area contributed by atoms with Gasteiger partial charge >= 0.3 is 0 Å². The topological polar surface area (TPSA) is 20.3 Å². The summed E-state index contributed by atoms with van der Waals surface area (Å²) in [7, 11) is 0. The molecule has 1 heterocycles. The van der Waals surface area contributed by atoms with Crippen molar-refractivity contribution in [3.8, 4) is 0 Å². The lowest BCUT2D eigenvalue weighted by atomic mass is 10.2. The predicted molar refractivity (Wildman–Crippen MR) is 78.4 cm³/mol. The van der Waals surface area contributed by atoms with Gasteiger partial charge in [-0.2, -0.15) is 0 Å². The minimum Gasteiger partial charge on any atom is -0.308 e. The van der Waals surface area contributed by atoms with Gasteiger partial charge < -0.3 is 4.90 Å². The van der Waals surface area contributed by atoms with Gasteiger partial charge in [-0.15, -0.1) is 0 Å². The van der Waals surface area contributed by atoms with E-state index < -0.39 is 5.82 Å². The number of hydrogen-bond donors (Lipinski definition) is 0. The van der Waals surface area contributed by atoms with Crippen LogP contribution in [0.15, 0.2) is 12.1 Å². The van der Waals surface area contributed by atoms with E-state index in [1.54, 1.807) is 6.07 Å². The molecule has 1 aromatic rings. The quantitative estimate of drug-likeness (QED) is 0.514. The number of anilines is 1. The van der Waals surface area contributed by atoms with E-state index in [0.717, 1.165) is 5.33 Å². The van der Waals surface area contributed by atoms with Crippen molar-refractivity contribution in [1.29, 1.82) is 0 Å². The summed E-state index contributed by atoms with van der Waals surface area (Å²) in [4.78, 5) is 13.3. The molecule has 0 aliphatic carbocycles. The van der Waals surface area contributed by atoms with Gasteiger partial charge in [-0.1, -0.05) is 27.5 Å². The van der Waals surface area contributed by atoms with Gasteiger partial charge in [0.2, 0.25) is 5.91 Å². The van der Waals surface area contributed by atoms with E-state index in [1.165, 1.54) is 11.0 Å². The summed E-state index contributed by atoms with van der Waals surface area (Å²) < 4.78 is 14.5. The number of amides is 1. The highest BCUT2D eigenvalue weighted by atomic mass is 127. The highest BCUT2D eigenvalue weighted by Crippen LogP contribution is 2.33. The number of halogens is 4. The number of nitrogens with zero attached hydrogens (tertiary/aromatic N) is 1.